The molecule has 0 bridgehead atoms. The van der Waals surface area contributed by atoms with Gasteiger partial charge in [0.25, 0.3) is 5.91 Å². The summed E-state index contributed by atoms with van der Waals surface area (Å²) >= 11 is 1.04. The standard InChI is InChI=1S/C8H5NO3S/c1-2-9-7(10)6-5(8(11)12)3-4-13-6/h1,3-4H,(H,9,10)(H,11,12). The largest absolute Gasteiger partial charge is 0.478 e. The molecule has 0 fully saturated rings. The van der Waals surface area contributed by atoms with Gasteiger partial charge in [-0.3, -0.25) is 10.1 Å². The minimum absolute atomic E-state index is 0.0299. The summed E-state index contributed by atoms with van der Waals surface area (Å²) in [5, 5.41) is 12.2. The van der Waals surface area contributed by atoms with Gasteiger partial charge in [-0.1, -0.05) is 6.42 Å². The maximum absolute atomic E-state index is 11.1. The zero-order valence-electron chi connectivity index (χ0n) is 6.40. The summed E-state index contributed by atoms with van der Waals surface area (Å²) in [5.41, 5.74) is -0.0299. The number of terminal acetylenes is 1. The number of nitrogens with one attached hydrogen (secondary N) is 1. The minimum Gasteiger partial charge on any atom is -0.478 e. The van der Waals surface area contributed by atoms with E-state index < -0.39 is 11.9 Å². The van der Waals surface area contributed by atoms with Crippen LogP contribution in [0, 0.1) is 12.5 Å². The Balaban J connectivity index is 3.02. The number of thiophene rings is 1. The molecule has 1 heterocycles. The van der Waals surface area contributed by atoms with Gasteiger partial charge >= 0.3 is 5.97 Å². The molecule has 1 amide bonds. The zero-order valence-corrected chi connectivity index (χ0v) is 7.22. The summed E-state index contributed by atoms with van der Waals surface area (Å²) in [4.78, 5) is 21.8. The lowest BCUT2D eigenvalue weighted by atomic mass is 10.2. The first-order valence-electron chi connectivity index (χ1n) is 3.23. The van der Waals surface area contributed by atoms with E-state index in [1.807, 2.05) is 6.04 Å². The number of hydrogen-bond acceptors (Lipinski definition) is 3. The molecule has 66 valence electrons. The SMILES string of the molecule is C#CNC(=O)c1sccc1C(=O)O. The fourth-order valence-corrected chi connectivity index (χ4v) is 1.56. The normalized spacial score (nSPS) is 8.85. The summed E-state index contributed by atoms with van der Waals surface area (Å²) in [6.45, 7) is 0. The molecule has 0 atom stereocenters. The van der Waals surface area contributed by atoms with Crippen molar-refractivity contribution in [2.24, 2.45) is 0 Å². The van der Waals surface area contributed by atoms with Gasteiger partial charge < -0.3 is 5.11 Å². The lowest BCUT2D eigenvalue weighted by molar-refractivity contribution is 0.0692. The van der Waals surface area contributed by atoms with Crippen LogP contribution in [0.15, 0.2) is 11.4 Å². The average molecular weight is 195 g/mol. The Morgan fingerprint density at radius 1 is 1.62 bits per heavy atom. The third-order valence-electron chi connectivity index (χ3n) is 1.29. The van der Waals surface area contributed by atoms with Crippen molar-refractivity contribution in [3.05, 3.63) is 21.9 Å². The Hall–Kier alpha value is -1.80. The lowest BCUT2D eigenvalue weighted by Crippen LogP contribution is -2.18. The molecule has 2 N–H and O–H groups in total. The molecule has 1 aromatic heterocycles. The van der Waals surface area contributed by atoms with Crippen molar-refractivity contribution in [2.45, 2.75) is 0 Å². The van der Waals surface area contributed by atoms with Gasteiger partial charge in [0.2, 0.25) is 0 Å². The van der Waals surface area contributed by atoms with Crippen molar-refractivity contribution in [1.82, 2.24) is 5.32 Å². The Kier molecular flexibility index (Phi) is 2.67. The predicted molar refractivity (Wildman–Crippen MR) is 47.6 cm³/mol. The first kappa shape index (κ1) is 9.29. The van der Waals surface area contributed by atoms with Gasteiger partial charge in [0.15, 0.2) is 0 Å². The van der Waals surface area contributed by atoms with Gasteiger partial charge in [0, 0.05) is 6.04 Å². The van der Waals surface area contributed by atoms with Crippen LogP contribution in [0.2, 0.25) is 0 Å². The fraction of sp³-hybridized carbons (Fsp3) is 0. The summed E-state index contributed by atoms with van der Waals surface area (Å²) in [6.07, 6.45) is 4.84. The molecule has 4 nitrogen and oxygen atoms in total. The smallest absolute Gasteiger partial charge is 0.337 e. The molecule has 13 heavy (non-hydrogen) atoms. The molecule has 0 saturated heterocycles. The van der Waals surface area contributed by atoms with Crippen molar-refractivity contribution in [3.8, 4) is 12.5 Å². The zero-order chi connectivity index (χ0) is 9.84. The Morgan fingerprint density at radius 3 is 2.85 bits per heavy atom. The Morgan fingerprint density at radius 2 is 2.31 bits per heavy atom. The Labute approximate surface area is 78.2 Å². The van der Waals surface area contributed by atoms with Crippen molar-refractivity contribution in [3.63, 3.8) is 0 Å². The van der Waals surface area contributed by atoms with Crippen LogP contribution in [-0.4, -0.2) is 17.0 Å². The van der Waals surface area contributed by atoms with Crippen LogP contribution < -0.4 is 5.32 Å². The molecule has 1 aromatic rings. The number of carbonyl (C=O) groups is 2. The van der Waals surface area contributed by atoms with Crippen LogP contribution in [0.3, 0.4) is 0 Å². The number of hydrogen-bond donors (Lipinski definition) is 2. The second kappa shape index (κ2) is 3.74. The van der Waals surface area contributed by atoms with Gasteiger partial charge in [-0.2, -0.15) is 0 Å². The molecule has 1 rings (SSSR count). The third-order valence-corrected chi connectivity index (χ3v) is 2.20. The predicted octanol–water partition coefficient (Wildman–Crippen LogP) is 0.767. The van der Waals surface area contributed by atoms with Crippen LogP contribution in [-0.2, 0) is 0 Å². The molecule has 0 spiro atoms. The molecule has 0 unspecified atom stereocenters. The van der Waals surface area contributed by atoms with Gasteiger partial charge in [0.05, 0.1) is 5.56 Å². The monoisotopic (exact) mass is 195 g/mol. The van der Waals surface area contributed by atoms with Gasteiger partial charge in [0.1, 0.15) is 4.88 Å². The molecule has 0 aliphatic heterocycles. The quantitative estimate of drug-likeness (QED) is 0.541. The fourth-order valence-electron chi connectivity index (χ4n) is 0.776. The van der Waals surface area contributed by atoms with Crippen LogP contribution in [0.1, 0.15) is 20.0 Å². The molecule has 0 aliphatic carbocycles. The number of carbonyl (C=O) groups excluding carboxylic acids is 1. The molecular formula is C8H5NO3S. The second-order valence-electron chi connectivity index (χ2n) is 2.07. The van der Waals surface area contributed by atoms with Crippen molar-refractivity contribution >= 4 is 23.2 Å². The first-order valence-corrected chi connectivity index (χ1v) is 4.11. The number of aromatic carboxylic acids is 1. The highest BCUT2D eigenvalue weighted by molar-refractivity contribution is 7.12. The van der Waals surface area contributed by atoms with Gasteiger partial charge in [-0.05, 0) is 11.4 Å². The van der Waals surface area contributed by atoms with E-state index >= 15 is 0 Å². The highest BCUT2D eigenvalue weighted by Gasteiger charge is 2.16. The maximum atomic E-state index is 11.1. The highest BCUT2D eigenvalue weighted by atomic mass is 32.1. The second-order valence-corrected chi connectivity index (χ2v) is 2.98. The van der Waals surface area contributed by atoms with E-state index in [0.29, 0.717) is 0 Å². The first-order chi connectivity index (χ1) is 6.16. The summed E-state index contributed by atoms with van der Waals surface area (Å²) in [7, 11) is 0. The molecule has 0 aliphatic rings. The van der Waals surface area contributed by atoms with E-state index in [4.69, 9.17) is 11.5 Å². The average Bonchev–Trinajstić information content (AvgIpc) is 2.52. The van der Waals surface area contributed by atoms with E-state index in [2.05, 4.69) is 5.32 Å². The molecular weight excluding hydrogens is 190 g/mol. The van der Waals surface area contributed by atoms with E-state index in [-0.39, 0.29) is 10.4 Å². The Bertz CT molecular complexity index is 388. The highest BCUT2D eigenvalue weighted by Crippen LogP contribution is 2.16. The minimum atomic E-state index is -1.14. The van der Waals surface area contributed by atoms with Crippen LogP contribution >= 0.6 is 11.3 Å². The van der Waals surface area contributed by atoms with Crippen molar-refractivity contribution in [1.29, 1.82) is 0 Å². The lowest BCUT2D eigenvalue weighted by Gasteiger charge is -1.95. The molecule has 0 radical (unpaired) electrons. The molecule has 5 heteroatoms. The maximum Gasteiger partial charge on any atom is 0.337 e. The van der Waals surface area contributed by atoms with E-state index in [0.717, 1.165) is 11.3 Å². The number of rotatable bonds is 2. The number of amides is 1. The molecule has 0 saturated carbocycles. The van der Waals surface area contributed by atoms with Crippen LogP contribution in [0.4, 0.5) is 0 Å². The van der Waals surface area contributed by atoms with Gasteiger partial charge in [-0.25, -0.2) is 4.79 Å². The van der Waals surface area contributed by atoms with Crippen molar-refractivity contribution < 1.29 is 14.7 Å². The van der Waals surface area contributed by atoms with Gasteiger partial charge in [-0.15, -0.1) is 11.3 Å². The van der Waals surface area contributed by atoms with E-state index in [1.165, 1.54) is 11.4 Å². The van der Waals surface area contributed by atoms with E-state index in [9.17, 15) is 9.59 Å². The topological polar surface area (TPSA) is 66.4 Å². The van der Waals surface area contributed by atoms with Crippen LogP contribution in [0.5, 0.6) is 0 Å². The third kappa shape index (κ3) is 1.86. The summed E-state index contributed by atoms with van der Waals surface area (Å²) < 4.78 is 0. The van der Waals surface area contributed by atoms with Crippen LogP contribution in [0.25, 0.3) is 0 Å². The number of carboxylic acids is 1. The number of carboxylic acid groups (broad SMARTS) is 1. The van der Waals surface area contributed by atoms with Crippen molar-refractivity contribution in [2.75, 3.05) is 0 Å². The summed E-state index contributed by atoms with van der Waals surface area (Å²) in [5.74, 6) is -1.70. The molecule has 0 aromatic carbocycles. The summed E-state index contributed by atoms with van der Waals surface area (Å²) in [6, 6.07) is 3.30. The van der Waals surface area contributed by atoms with E-state index in [1.54, 1.807) is 0 Å².